The van der Waals surface area contributed by atoms with Gasteiger partial charge in [-0.25, -0.2) is 8.42 Å². The van der Waals surface area contributed by atoms with E-state index in [2.05, 4.69) is 9.82 Å². The zero-order valence-electron chi connectivity index (χ0n) is 14.6. The van der Waals surface area contributed by atoms with Crippen molar-refractivity contribution in [3.05, 3.63) is 39.7 Å². The Morgan fingerprint density at radius 1 is 1.32 bits per heavy atom. The maximum atomic E-state index is 12.7. The smallest absolute Gasteiger partial charge is 0.273 e. The van der Waals surface area contributed by atoms with Crippen molar-refractivity contribution in [2.24, 2.45) is 0 Å². The van der Waals surface area contributed by atoms with Crippen molar-refractivity contribution >= 4 is 21.4 Å². The number of nitro groups is 1. The van der Waals surface area contributed by atoms with Crippen molar-refractivity contribution in [3.63, 3.8) is 0 Å². The number of aromatic nitrogens is 2. The maximum absolute atomic E-state index is 12.7. The molecule has 9 nitrogen and oxygen atoms in total. The average Bonchev–Trinajstić information content (AvgIpc) is 2.82. The maximum Gasteiger partial charge on any atom is 0.273 e. The molecule has 1 N–H and O–H groups in total. The van der Waals surface area contributed by atoms with E-state index in [-0.39, 0.29) is 22.4 Å². The van der Waals surface area contributed by atoms with E-state index in [9.17, 15) is 18.5 Å². The summed E-state index contributed by atoms with van der Waals surface area (Å²) in [6, 6.07) is 3.42. The monoisotopic (exact) mass is 368 g/mol. The average molecular weight is 368 g/mol. The van der Waals surface area contributed by atoms with Gasteiger partial charge in [0.05, 0.1) is 35.2 Å². The van der Waals surface area contributed by atoms with Crippen molar-refractivity contribution in [2.75, 3.05) is 11.8 Å². The lowest BCUT2D eigenvalue weighted by Crippen LogP contribution is -2.15. The number of nitrogens with one attached hydrogen (secondary N) is 1. The highest BCUT2D eigenvalue weighted by molar-refractivity contribution is 7.92. The molecule has 25 heavy (non-hydrogen) atoms. The molecule has 0 radical (unpaired) electrons. The zero-order chi connectivity index (χ0) is 18.9. The van der Waals surface area contributed by atoms with Crippen molar-refractivity contribution < 1.29 is 18.1 Å². The minimum absolute atomic E-state index is 0.0749. The number of non-ortho nitro benzene ring substituents is 1. The van der Waals surface area contributed by atoms with Gasteiger partial charge in [-0.2, -0.15) is 5.10 Å². The Labute approximate surface area is 145 Å². The van der Waals surface area contributed by atoms with Crippen LogP contribution in [-0.2, 0) is 10.0 Å². The van der Waals surface area contributed by atoms with Crippen LogP contribution >= 0.6 is 0 Å². The van der Waals surface area contributed by atoms with E-state index in [0.717, 1.165) is 18.2 Å². The second-order valence-electron chi connectivity index (χ2n) is 5.78. The van der Waals surface area contributed by atoms with Crippen LogP contribution in [0.25, 0.3) is 0 Å². The number of benzene rings is 1. The largest absolute Gasteiger partial charge is 0.495 e. The molecule has 0 amide bonds. The lowest BCUT2D eigenvalue weighted by molar-refractivity contribution is -0.385. The fraction of sp³-hybridized carbons (Fsp3) is 0.400. The summed E-state index contributed by atoms with van der Waals surface area (Å²) in [6.45, 7) is 7.36. The van der Waals surface area contributed by atoms with Gasteiger partial charge in [0.1, 0.15) is 10.6 Å². The number of sulfonamides is 1. The first-order valence-electron chi connectivity index (χ1n) is 7.49. The Hall–Kier alpha value is -2.62. The Morgan fingerprint density at radius 2 is 1.96 bits per heavy atom. The van der Waals surface area contributed by atoms with Crippen molar-refractivity contribution in [1.29, 1.82) is 0 Å². The molecule has 0 aliphatic rings. The van der Waals surface area contributed by atoms with Crippen molar-refractivity contribution in [3.8, 4) is 5.75 Å². The minimum Gasteiger partial charge on any atom is -0.495 e. The molecule has 0 bridgehead atoms. The van der Waals surface area contributed by atoms with Gasteiger partial charge < -0.3 is 4.74 Å². The lowest BCUT2D eigenvalue weighted by Gasteiger charge is -2.12. The predicted octanol–water partition coefficient (Wildman–Crippen LogP) is 2.80. The number of rotatable bonds is 6. The van der Waals surface area contributed by atoms with Gasteiger partial charge in [-0.3, -0.25) is 19.5 Å². The molecule has 1 aromatic heterocycles. The summed E-state index contributed by atoms with van der Waals surface area (Å²) >= 11 is 0. The Balaban J connectivity index is 2.49. The molecule has 0 aliphatic heterocycles. The first kappa shape index (κ1) is 18.7. The molecule has 0 saturated heterocycles. The number of hydrogen-bond donors (Lipinski definition) is 1. The normalized spacial score (nSPS) is 11.6. The Morgan fingerprint density at radius 3 is 2.44 bits per heavy atom. The van der Waals surface area contributed by atoms with Crippen LogP contribution in [0.2, 0.25) is 0 Å². The molecule has 0 aliphatic carbocycles. The number of hydrogen-bond acceptors (Lipinski definition) is 6. The van der Waals surface area contributed by atoms with Crippen LogP contribution < -0.4 is 9.46 Å². The first-order chi connectivity index (χ1) is 11.6. The number of nitrogens with zero attached hydrogens (tertiary/aromatic N) is 3. The van der Waals surface area contributed by atoms with Crippen LogP contribution in [0, 0.1) is 24.0 Å². The van der Waals surface area contributed by atoms with Gasteiger partial charge in [0, 0.05) is 12.1 Å². The minimum atomic E-state index is -4.01. The van der Waals surface area contributed by atoms with E-state index in [1.807, 2.05) is 13.8 Å². The SMILES string of the molecule is COc1cc([N+](=O)[O-])ccc1S(=O)(=O)Nc1c(C)nn(C(C)C)c1C. The fourth-order valence-corrected chi connectivity index (χ4v) is 3.82. The second-order valence-corrected chi connectivity index (χ2v) is 7.43. The van der Waals surface area contributed by atoms with Gasteiger partial charge in [0.15, 0.2) is 0 Å². The van der Waals surface area contributed by atoms with Crippen LogP contribution in [0.3, 0.4) is 0 Å². The number of anilines is 1. The third-order valence-corrected chi connectivity index (χ3v) is 5.09. The third-order valence-electron chi connectivity index (χ3n) is 3.70. The molecule has 0 unspecified atom stereocenters. The topological polar surface area (TPSA) is 116 Å². The molecule has 1 heterocycles. The summed E-state index contributed by atoms with van der Waals surface area (Å²) in [5, 5.41) is 15.2. The van der Waals surface area contributed by atoms with E-state index in [1.165, 1.54) is 7.11 Å². The Bertz CT molecular complexity index is 918. The molecule has 0 saturated carbocycles. The second kappa shape index (κ2) is 6.71. The van der Waals surface area contributed by atoms with Crippen LogP contribution in [0.15, 0.2) is 23.1 Å². The van der Waals surface area contributed by atoms with E-state index >= 15 is 0 Å². The van der Waals surface area contributed by atoms with Gasteiger partial charge >= 0.3 is 0 Å². The fourth-order valence-electron chi connectivity index (χ4n) is 2.49. The van der Waals surface area contributed by atoms with Crippen LogP contribution in [-0.4, -0.2) is 30.2 Å². The van der Waals surface area contributed by atoms with Gasteiger partial charge in [0.2, 0.25) is 0 Å². The van der Waals surface area contributed by atoms with E-state index in [4.69, 9.17) is 4.74 Å². The zero-order valence-corrected chi connectivity index (χ0v) is 15.4. The van der Waals surface area contributed by atoms with Crippen LogP contribution in [0.5, 0.6) is 5.75 Å². The number of ether oxygens (including phenoxy) is 1. The summed E-state index contributed by atoms with van der Waals surface area (Å²) in [4.78, 5) is 10.0. The third kappa shape index (κ3) is 3.58. The summed E-state index contributed by atoms with van der Waals surface area (Å²) < 4.78 is 34.7. The highest BCUT2D eigenvalue weighted by Gasteiger charge is 2.25. The first-order valence-corrected chi connectivity index (χ1v) is 8.97. The lowest BCUT2D eigenvalue weighted by atomic mass is 10.3. The molecular weight excluding hydrogens is 348 g/mol. The number of methoxy groups -OCH3 is 1. The molecule has 1 aromatic carbocycles. The summed E-state index contributed by atoms with van der Waals surface area (Å²) in [5.41, 5.74) is 1.34. The molecule has 2 rings (SSSR count). The van der Waals surface area contributed by atoms with E-state index in [0.29, 0.717) is 17.1 Å². The molecule has 0 fully saturated rings. The highest BCUT2D eigenvalue weighted by atomic mass is 32.2. The number of aryl methyl sites for hydroxylation is 1. The summed E-state index contributed by atoms with van der Waals surface area (Å²) in [5.74, 6) is -0.103. The van der Waals surface area contributed by atoms with Gasteiger partial charge in [0.25, 0.3) is 15.7 Å². The van der Waals surface area contributed by atoms with Gasteiger partial charge in [-0.1, -0.05) is 0 Å². The van der Waals surface area contributed by atoms with E-state index < -0.39 is 14.9 Å². The van der Waals surface area contributed by atoms with Crippen molar-refractivity contribution in [1.82, 2.24) is 9.78 Å². The quantitative estimate of drug-likeness (QED) is 0.619. The van der Waals surface area contributed by atoms with Gasteiger partial charge in [-0.05, 0) is 33.8 Å². The molecular formula is C15H20N4O5S. The molecule has 136 valence electrons. The van der Waals surface area contributed by atoms with Gasteiger partial charge in [-0.15, -0.1) is 0 Å². The number of nitro benzene ring substituents is 1. The molecule has 0 atom stereocenters. The highest BCUT2D eigenvalue weighted by Crippen LogP contribution is 2.31. The predicted molar refractivity (Wildman–Crippen MR) is 92.5 cm³/mol. The standard InChI is InChI=1S/C15H20N4O5S/c1-9(2)18-11(4)15(10(3)16-18)17-25(22,23)14-7-6-12(19(20)21)8-13(14)24-5/h6-9,17H,1-5H3. The Kier molecular flexibility index (Phi) is 5.02. The molecule has 10 heteroatoms. The van der Waals surface area contributed by atoms with Crippen LogP contribution in [0.1, 0.15) is 31.3 Å². The van der Waals surface area contributed by atoms with Crippen LogP contribution in [0.4, 0.5) is 11.4 Å². The molecule has 2 aromatic rings. The summed E-state index contributed by atoms with van der Waals surface area (Å²) in [7, 11) is -2.75. The van der Waals surface area contributed by atoms with E-state index in [1.54, 1.807) is 18.5 Å². The molecule has 0 spiro atoms. The summed E-state index contributed by atoms with van der Waals surface area (Å²) in [6.07, 6.45) is 0. The van der Waals surface area contributed by atoms with Crippen molar-refractivity contribution in [2.45, 2.75) is 38.6 Å².